The number of fused-ring (bicyclic) bond motifs is 1. The van der Waals surface area contributed by atoms with E-state index in [0.717, 1.165) is 13.1 Å². The summed E-state index contributed by atoms with van der Waals surface area (Å²) in [7, 11) is 0. The second-order valence-electron chi connectivity index (χ2n) is 2.44. The van der Waals surface area contributed by atoms with Crippen LogP contribution in [0.15, 0.2) is 24.3 Å². The minimum atomic E-state index is 0.886. The third-order valence-corrected chi connectivity index (χ3v) is 1.74. The van der Waals surface area contributed by atoms with Gasteiger partial charge in [0.2, 0.25) is 0 Å². The van der Waals surface area contributed by atoms with Crippen molar-refractivity contribution in [3.8, 4) is 0 Å². The Morgan fingerprint density at radius 2 is 2.20 bits per heavy atom. The van der Waals surface area contributed by atoms with Crippen LogP contribution in [0.2, 0.25) is 0 Å². The smallest absolute Gasteiger partial charge is 0.0318 e. The Balaban J connectivity index is 2.41. The molecule has 0 atom stereocenters. The van der Waals surface area contributed by atoms with Crippen molar-refractivity contribution >= 4 is 0 Å². The summed E-state index contributed by atoms with van der Waals surface area (Å²) < 4.78 is 0. The van der Waals surface area contributed by atoms with Crippen molar-refractivity contribution in [1.29, 1.82) is 0 Å². The summed E-state index contributed by atoms with van der Waals surface area (Å²) in [6.07, 6.45) is 3.25. The van der Waals surface area contributed by atoms with E-state index in [1.807, 2.05) is 0 Å². The number of rotatable bonds is 0. The molecule has 1 heteroatoms. The molecule has 50 valence electrons. The van der Waals surface area contributed by atoms with Gasteiger partial charge in [0.05, 0.1) is 0 Å². The van der Waals surface area contributed by atoms with Gasteiger partial charge in [0.1, 0.15) is 0 Å². The van der Waals surface area contributed by atoms with Gasteiger partial charge in [-0.2, -0.15) is 0 Å². The van der Waals surface area contributed by atoms with Gasteiger partial charge >= 0.3 is 0 Å². The average Bonchev–Trinajstić information content (AvgIpc) is 2.05. The van der Waals surface area contributed by atoms with Crippen LogP contribution in [0, 0.1) is 6.42 Å². The zero-order valence-corrected chi connectivity index (χ0v) is 5.72. The van der Waals surface area contributed by atoms with Crippen LogP contribution in [0.3, 0.4) is 0 Å². The van der Waals surface area contributed by atoms with Crippen LogP contribution in [-0.2, 0) is 6.54 Å². The van der Waals surface area contributed by atoms with Gasteiger partial charge in [0, 0.05) is 19.5 Å². The zero-order chi connectivity index (χ0) is 6.81. The molecule has 0 amide bonds. The van der Waals surface area contributed by atoms with Gasteiger partial charge in [-0.25, -0.2) is 0 Å². The third kappa shape index (κ3) is 0.929. The molecule has 0 saturated carbocycles. The van der Waals surface area contributed by atoms with Crippen LogP contribution in [0.4, 0.5) is 0 Å². The van der Waals surface area contributed by atoms with Crippen molar-refractivity contribution in [3.05, 3.63) is 41.8 Å². The molecule has 0 unspecified atom stereocenters. The van der Waals surface area contributed by atoms with Gasteiger partial charge in [-0.15, -0.1) is 0 Å². The maximum Gasteiger partial charge on any atom is 0.0318 e. The Kier molecular flexibility index (Phi) is 1.44. The van der Waals surface area contributed by atoms with Crippen LogP contribution in [-0.4, -0.2) is 6.54 Å². The first-order valence-corrected chi connectivity index (χ1v) is 3.49. The number of hydrogen-bond acceptors (Lipinski definition) is 1. The highest BCUT2D eigenvalue weighted by atomic mass is 14.9. The van der Waals surface area contributed by atoms with Crippen molar-refractivity contribution < 1.29 is 0 Å². The normalized spacial score (nSPS) is 16.4. The summed E-state index contributed by atoms with van der Waals surface area (Å²) in [5.41, 5.74) is 2.62. The topological polar surface area (TPSA) is 12.0 Å². The Morgan fingerprint density at radius 1 is 1.30 bits per heavy atom. The van der Waals surface area contributed by atoms with E-state index < -0.39 is 0 Å². The van der Waals surface area contributed by atoms with Crippen molar-refractivity contribution in [1.82, 2.24) is 5.32 Å². The maximum absolute atomic E-state index is 3.25. The molecule has 2 rings (SSSR count). The number of benzene rings is 1. The second-order valence-corrected chi connectivity index (χ2v) is 2.44. The molecular weight excluding hydrogens is 122 g/mol. The summed E-state index contributed by atoms with van der Waals surface area (Å²) in [6, 6.07) is 8.36. The standard InChI is InChI=1S/C9H9N/c1-2-4-9-7-10-6-5-8(9)3-1/h1-4,10H,6-7H2. The van der Waals surface area contributed by atoms with Crippen molar-refractivity contribution in [2.75, 3.05) is 6.54 Å². The van der Waals surface area contributed by atoms with Gasteiger partial charge in [0.25, 0.3) is 0 Å². The summed E-state index contributed by atoms with van der Waals surface area (Å²) in [5, 5.41) is 3.23. The van der Waals surface area contributed by atoms with E-state index >= 15 is 0 Å². The SMILES string of the molecule is [C]1CNCc2ccccc21. The molecule has 0 spiro atoms. The monoisotopic (exact) mass is 131 g/mol. The van der Waals surface area contributed by atoms with Crippen LogP contribution in [0.1, 0.15) is 11.1 Å². The van der Waals surface area contributed by atoms with E-state index in [4.69, 9.17) is 0 Å². The van der Waals surface area contributed by atoms with E-state index in [2.05, 4.69) is 36.0 Å². The summed E-state index contributed by atoms with van der Waals surface area (Å²) in [5.74, 6) is 0. The van der Waals surface area contributed by atoms with E-state index in [1.54, 1.807) is 0 Å². The molecule has 0 aliphatic carbocycles. The van der Waals surface area contributed by atoms with Crippen molar-refractivity contribution in [2.24, 2.45) is 0 Å². The lowest BCUT2D eigenvalue weighted by atomic mass is 10.0. The molecule has 1 aromatic rings. The molecular formula is C9H9N. The molecule has 1 N–H and O–H groups in total. The number of hydrogen-bond donors (Lipinski definition) is 1. The van der Waals surface area contributed by atoms with Crippen LogP contribution in [0.5, 0.6) is 0 Å². The Labute approximate surface area is 61.1 Å². The maximum atomic E-state index is 3.25. The first-order chi connectivity index (χ1) is 4.97. The first-order valence-electron chi connectivity index (χ1n) is 3.49. The lowest BCUT2D eigenvalue weighted by Gasteiger charge is -2.14. The van der Waals surface area contributed by atoms with Gasteiger partial charge in [-0.3, -0.25) is 0 Å². The highest BCUT2D eigenvalue weighted by molar-refractivity contribution is 5.34. The predicted octanol–water partition coefficient (Wildman–Crippen LogP) is 1.22. The number of nitrogens with one attached hydrogen (secondary N) is 1. The van der Waals surface area contributed by atoms with Crippen LogP contribution in [0.25, 0.3) is 0 Å². The highest BCUT2D eigenvalue weighted by Crippen LogP contribution is 2.13. The fraction of sp³-hybridized carbons (Fsp3) is 0.222. The molecule has 2 radical (unpaired) electrons. The van der Waals surface area contributed by atoms with Crippen LogP contribution >= 0.6 is 0 Å². The first kappa shape index (κ1) is 5.93. The zero-order valence-electron chi connectivity index (χ0n) is 5.72. The van der Waals surface area contributed by atoms with Crippen LogP contribution < -0.4 is 5.32 Å². The molecule has 1 aromatic carbocycles. The van der Waals surface area contributed by atoms with Crippen molar-refractivity contribution in [3.63, 3.8) is 0 Å². The van der Waals surface area contributed by atoms with E-state index in [-0.39, 0.29) is 0 Å². The van der Waals surface area contributed by atoms with Gasteiger partial charge in [-0.1, -0.05) is 24.3 Å². The quantitative estimate of drug-likeness (QED) is 0.558. The Hall–Kier alpha value is -0.820. The largest absolute Gasteiger partial charge is 0.312 e. The molecule has 1 heterocycles. The minimum absolute atomic E-state index is 0.886. The molecule has 1 aliphatic heterocycles. The third-order valence-electron chi connectivity index (χ3n) is 1.74. The molecule has 10 heavy (non-hydrogen) atoms. The molecule has 0 fully saturated rings. The predicted molar refractivity (Wildman–Crippen MR) is 40.5 cm³/mol. The summed E-state index contributed by atoms with van der Waals surface area (Å²) in [6.45, 7) is 1.88. The Morgan fingerprint density at radius 3 is 3.10 bits per heavy atom. The molecule has 0 saturated heterocycles. The van der Waals surface area contributed by atoms with Gasteiger partial charge in [-0.05, 0) is 11.1 Å². The van der Waals surface area contributed by atoms with Gasteiger partial charge < -0.3 is 5.32 Å². The van der Waals surface area contributed by atoms with Gasteiger partial charge in [0.15, 0.2) is 0 Å². The fourth-order valence-corrected chi connectivity index (χ4v) is 1.20. The highest BCUT2D eigenvalue weighted by Gasteiger charge is 2.05. The fourth-order valence-electron chi connectivity index (χ4n) is 1.20. The minimum Gasteiger partial charge on any atom is -0.312 e. The molecule has 1 nitrogen and oxygen atoms in total. The summed E-state index contributed by atoms with van der Waals surface area (Å²) >= 11 is 0. The van der Waals surface area contributed by atoms with E-state index in [9.17, 15) is 0 Å². The average molecular weight is 131 g/mol. The lowest BCUT2D eigenvalue weighted by molar-refractivity contribution is 0.709. The van der Waals surface area contributed by atoms with Crippen molar-refractivity contribution in [2.45, 2.75) is 6.54 Å². The Bertz CT molecular complexity index is 205. The summed E-state index contributed by atoms with van der Waals surface area (Å²) in [4.78, 5) is 0. The lowest BCUT2D eigenvalue weighted by Crippen LogP contribution is -2.21. The second kappa shape index (κ2) is 2.43. The molecule has 0 aromatic heterocycles. The van der Waals surface area contributed by atoms with E-state index in [0.29, 0.717) is 0 Å². The molecule has 1 aliphatic rings. The van der Waals surface area contributed by atoms with E-state index in [1.165, 1.54) is 11.1 Å². The molecule has 0 bridgehead atoms.